The molecule has 0 fully saturated rings. The van der Waals surface area contributed by atoms with Crippen LogP contribution in [0.1, 0.15) is 27.8 Å². The molecule has 10 heteroatoms. The van der Waals surface area contributed by atoms with Crippen molar-refractivity contribution in [1.29, 1.82) is 0 Å². The second-order valence-corrected chi connectivity index (χ2v) is 7.98. The van der Waals surface area contributed by atoms with E-state index in [4.69, 9.17) is 16.3 Å². The lowest BCUT2D eigenvalue weighted by molar-refractivity contribution is 0.0930. The van der Waals surface area contributed by atoms with Gasteiger partial charge in [-0.15, -0.1) is 10.2 Å². The van der Waals surface area contributed by atoms with Gasteiger partial charge in [0.05, 0.1) is 12.6 Å². The van der Waals surface area contributed by atoms with Crippen LogP contribution in [0.15, 0.2) is 61.1 Å². The molecule has 0 unspecified atom stereocenters. The molecule has 1 atom stereocenters. The number of carbonyl (C=O) groups excluding carboxylic acids is 1. The maximum atomic E-state index is 12.9. The Morgan fingerprint density at radius 2 is 2.12 bits per heavy atom. The van der Waals surface area contributed by atoms with Crippen molar-refractivity contribution < 1.29 is 9.53 Å². The number of ether oxygens (including phenoxy) is 1. The predicted octanol–water partition coefficient (Wildman–Crippen LogP) is 3.40. The molecule has 3 heterocycles. The lowest BCUT2D eigenvalue weighted by atomic mass is 10.1. The van der Waals surface area contributed by atoms with Gasteiger partial charge in [-0.3, -0.25) is 4.79 Å². The van der Waals surface area contributed by atoms with Crippen LogP contribution in [0.4, 0.5) is 5.69 Å². The van der Waals surface area contributed by atoms with Gasteiger partial charge in [0.2, 0.25) is 0 Å². The molecule has 2 aromatic heterocycles. The Kier molecular flexibility index (Phi) is 5.62. The average Bonchev–Trinajstić information content (AvgIpc) is 3.41. The third kappa shape index (κ3) is 4.35. The van der Waals surface area contributed by atoms with Gasteiger partial charge < -0.3 is 19.9 Å². The van der Waals surface area contributed by atoms with E-state index >= 15 is 0 Å². The molecule has 4 aromatic rings. The summed E-state index contributed by atoms with van der Waals surface area (Å²) in [6.45, 7) is 0.808. The van der Waals surface area contributed by atoms with Crippen molar-refractivity contribution in [3.63, 3.8) is 0 Å². The van der Waals surface area contributed by atoms with Crippen molar-refractivity contribution in [1.82, 2.24) is 30.0 Å². The normalized spacial score (nSPS) is 14.4. The minimum Gasteiger partial charge on any atom is -0.491 e. The zero-order chi connectivity index (χ0) is 22.8. The smallest absolute Gasteiger partial charge is 0.251 e. The highest BCUT2D eigenvalue weighted by Gasteiger charge is 2.26. The summed E-state index contributed by atoms with van der Waals surface area (Å²) >= 11 is 6.10. The molecule has 0 saturated carbocycles. The van der Waals surface area contributed by atoms with Crippen LogP contribution in [0.5, 0.6) is 5.75 Å². The van der Waals surface area contributed by atoms with Gasteiger partial charge in [-0.2, -0.15) is 0 Å². The predicted molar refractivity (Wildman–Crippen MR) is 123 cm³/mol. The van der Waals surface area contributed by atoms with Crippen LogP contribution >= 0.6 is 11.6 Å². The van der Waals surface area contributed by atoms with Crippen LogP contribution in [-0.4, -0.2) is 37.2 Å². The summed E-state index contributed by atoms with van der Waals surface area (Å²) in [5, 5.41) is 15.4. The maximum Gasteiger partial charge on any atom is 0.251 e. The molecular weight excluding hydrogens is 442 g/mol. The van der Waals surface area contributed by atoms with Gasteiger partial charge in [0.25, 0.3) is 5.91 Å². The van der Waals surface area contributed by atoms with E-state index in [1.54, 1.807) is 30.5 Å². The molecule has 2 aromatic carbocycles. The van der Waals surface area contributed by atoms with Crippen LogP contribution in [0.3, 0.4) is 0 Å². The molecule has 5 rings (SSSR count). The zero-order valence-corrected chi connectivity index (χ0v) is 18.5. The summed E-state index contributed by atoms with van der Waals surface area (Å²) in [6.07, 6.45) is 3.14. The molecule has 1 aliphatic heterocycles. The first-order valence-corrected chi connectivity index (χ1v) is 10.7. The first kappa shape index (κ1) is 20.9. The Balaban J connectivity index is 1.26. The number of hydrogen-bond acceptors (Lipinski definition) is 7. The minimum absolute atomic E-state index is 0.190. The molecule has 166 valence electrons. The number of aromatic nitrogens is 5. The number of carbonyl (C=O) groups is 1. The quantitative estimate of drug-likeness (QED) is 0.453. The minimum atomic E-state index is -0.248. The molecule has 2 N–H and O–H groups in total. The monoisotopic (exact) mass is 461 g/mol. The summed E-state index contributed by atoms with van der Waals surface area (Å²) in [6, 6.07) is 14.2. The van der Waals surface area contributed by atoms with Crippen molar-refractivity contribution in [2.24, 2.45) is 7.05 Å². The highest BCUT2D eigenvalue weighted by molar-refractivity contribution is 6.30. The number of benzene rings is 2. The number of amides is 1. The summed E-state index contributed by atoms with van der Waals surface area (Å²) in [5.41, 5.74) is 2.91. The number of halogens is 1. The summed E-state index contributed by atoms with van der Waals surface area (Å²) in [4.78, 5) is 21.0. The largest absolute Gasteiger partial charge is 0.491 e. The number of rotatable bonds is 6. The molecule has 0 bridgehead atoms. The first-order chi connectivity index (χ1) is 16.1. The number of anilines is 1. The molecule has 1 aliphatic rings. The summed E-state index contributed by atoms with van der Waals surface area (Å²) in [5.74, 6) is 1.94. The SMILES string of the molecule is Cn1c(CNc2cccc(C(=O)N[C@@H]3COc4ccc(Cl)cc43)c2)nnc1-c1ccncn1. The van der Waals surface area contributed by atoms with Crippen molar-refractivity contribution in [2.45, 2.75) is 12.6 Å². The van der Waals surface area contributed by atoms with E-state index in [0.717, 1.165) is 22.8 Å². The van der Waals surface area contributed by atoms with Gasteiger partial charge in [-0.05, 0) is 42.5 Å². The molecular formula is C23H20ClN7O2. The van der Waals surface area contributed by atoms with Crippen molar-refractivity contribution in [3.8, 4) is 17.3 Å². The van der Waals surface area contributed by atoms with Crippen LogP contribution in [0, 0.1) is 0 Å². The Morgan fingerprint density at radius 1 is 1.21 bits per heavy atom. The number of nitrogens with one attached hydrogen (secondary N) is 2. The Labute approximate surface area is 194 Å². The van der Waals surface area contributed by atoms with E-state index in [2.05, 4.69) is 30.8 Å². The Bertz CT molecular complexity index is 1310. The van der Waals surface area contributed by atoms with Crippen molar-refractivity contribution in [3.05, 3.63) is 83.0 Å². The fourth-order valence-electron chi connectivity index (χ4n) is 3.66. The molecule has 0 saturated heterocycles. The molecule has 1 amide bonds. The molecule has 0 radical (unpaired) electrons. The molecule has 9 nitrogen and oxygen atoms in total. The van der Waals surface area contributed by atoms with Crippen LogP contribution in [0.2, 0.25) is 5.02 Å². The van der Waals surface area contributed by atoms with Gasteiger partial charge in [-0.25, -0.2) is 9.97 Å². The van der Waals surface area contributed by atoms with Crippen molar-refractivity contribution >= 4 is 23.2 Å². The highest BCUT2D eigenvalue weighted by Crippen LogP contribution is 2.34. The Hall–Kier alpha value is -3.98. The lowest BCUT2D eigenvalue weighted by Gasteiger charge is -2.13. The fraction of sp³-hybridized carbons (Fsp3) is 0.174. The number of nitrogens with zero attached hydrogens (tertiary/aromatic N) is 5. The number of hydrogen-bond donors (Lipinski definition) is 2. The highest BCUT2D eigenvalue weighted by atomic mass is 35.5. The molecule has 33 heavy (non-hydrogen) atoms. The molecule has 0 spiro atoms. The fourth-order valence-corrected chi connectivity index (χ4v) is 3.84. The van der Waals surface area contributed by atoms with E-state index in [1.807, 2.05) is 35.9 Å². The standard InChI is InChI=1S/C23H20ClN7O2/c1-31-21(29-30-22(31)18-7-8-25-13-27-18)11-26-16-4-2-3-14(9-16)23(32)28-19-12-33-20-6-5-15(24)10-17(19)20/h2-10,13,19,26H,11-12H2,1H3,(H,28,32)/t19-/m1/s1. The average molecular weight is 462 g/mol. The van der Waals surface area contributed by atoms with Gasteiger partial charge in [0.1, 0.15) is 24.4 Å². The Morgan fingerprint density at radius 3 is 2.97 bits per heavy atom. The third-order valence-corrected chi connectivity index (χ3v) is 5.64. The van der Waals surface area contributed by atoms with E-state index in [-0.39, 0.29) is 11.9 Å². The van der Waals surface area contributed by atoms with Crippen LogP contribution in [-0.2, 0) is 13.6 Å². The second-order valence-electron chi connectivity index (χ2n) is 7.55. The zero-order valence-electron chi connectivity index (χ0n) is 17.7. The topological polar surface area (TPSA) is 107 Å². The van der Waals surface area contributed by atoms with E-state index in [1.165, 1.54) is 6.33 Å². The van der Waals surface area contributed by atoms with Gasteiger partial charge in [-0.1, -0.05) is 17.7 Å². The van der Waals surface area contributed by atoms with E-state index in [9.17, 15) is 4.79 Å². The third-order valence-electron chi connectivity index (χ3n) is 5.41. The summed E-state index contributed by atoms with van der Waals surface area (Å²) in [7, 11) is 1.88. The summed E-state index contributed by atoms with van der Waals surface area (Å²) < 4.78 is 7.52. The second kappa shape index (κ2) is 8.87. The van der Waals surface area contributed by atoms with Crippen molar-refractivity contribution in [2.75, 3.05) is 11.9 Å². The lowest BCUT2D eigenvalue weighted by Crippen LogP contribution is -2.29. The maximum absolute atomic E-state index is 12.9. The van der Waals surface area contributed by atoms with E-state index in [0.29, 0.717) is 35.3 Å². The van der Waals surface area contributed by atoms with Gasteiger partial charge in [0.15, 0.2) is 11.6 Å². The van der Waals surface area contributed by atoms with Gasteiger partial charge >= 0.3 is 0 Å². The van der Waals surface area contributed by atoms with Crippen LogP contribution < -0.4 is 15.4 Å². The number of fused-ring (bicyclic) bond motifs is 1. The molecule has 0 aliphatic carbocycles. The van der Waals surface area contributed by atoms with Crippen LogP contribution in [0.25, 0.3) is 11.5 Å². The van der Waals surface area contributed by atoms with Gasteiger partial charge in [0, 0.05) is 35.1 Å². The van der Waals surface area contributed by atoms with E-state index < -0.39 is 0 Å². The first-order valence-electron chi connectivity index (χ1n) is 10.3.